The van der Waals surface area contributed by atoms with Crippen LogP contribution in [0.1, 0.15) is 38.7 Å². The maximum absolute atomic E-state index is 11.8. The van der Waals surface area contributed by atoms with Gasteiger partial charge in [-0.05, 0) is 49.7 Å². The van der Waals surface area contributed by atoms with Gasteiger partial charge in [0.1, 0.15) is 5.75 Å². The van der Waals surface area contributed by atoms with Crippen LogP contribution in [-0.4, -0.2) is 49.5 Å². The Morgan fingerprint density at radius 1 is 1.28 bits per heavy atom. The monoisotopic (exact) mass is 347 g/mol. The highest BCUT2D eigenvalue weighted by atomic mass is 16.5. The van der Waals surface area contributed by atoms with Gasteiger partial charge >= 0.3 is 0 Å². The first-order chi connectivity index (χ1) is 12.1. The Morgan fingerprint density at radius 2 is 2.08 bits per heavy atom. The summed E-state index contributed by atoms with van der Waals surface area (Å²) in [6.07, 6.45) is 2.42. The molecule has 0 aromatic heterocycles. The Bertz CT molecular complexity index is 585. The normalized spacial score (nSPS) is 13.3. The van der Waals surface area contributed by atoms with E-state index in [-0.39, 0.29) is 11.8 Å². The third-order valence-corrected chi connectivity index (χ3v) is 4.43. The lowest BCUT2D eigenvalue weighted by molar-refractivity contribution is -0.121. The maximum Gasteiger partial charge on any atom is 0.224 e. The van der Waals surface area contributed by atoms with Crippen LogP contribution >= 0.6 is 0 Å². The molecule has 25 heavy (non-hydrogen) atoms. The standard InChI is InChI=1S/C19H29N3O3/c1-3-22(4-2)12-11-20-18(23)6-5-13-25-16-8-9-17-15(14-16)7-10-19(24)21-17/h8-9,14H,3-7,10-13H2,1-2H3,(H,20,23)(H,21,24). The van der Waals surface area contributed by atoms with Crippen molar-refractivity contribution >= 4 is 17.5 Å². The van der Waals surface area contributed by atoms with Crippen LogP contribution in [-0.2, 0) is 16.0 Å². The van der Waals surface area contributed by atoms with Crippen LogP contribution in [0.2, 0.25) is 0 Å². The maximum atomic E-state index is 11.8. The molecule has 0 bridgehead atoms. The van der Waals surface area contributed by atoms with Crippen molar-refractivity contribution in [2.45, 2.75) is 39.5 Å². The minimum absolute atomic E-state index is 0.0631. The molecule has 2 N–H and O–H groups in total. The number of carbonyl (C=O) groups excluding carboxylic acids is 2. The number of carbonyl (C=O) groups is 2. The van der Waals surface area contributed by atoms with Crippen LogP contribution in [0.5, 0.6) is 5.75 Å². The summed E-state index contributed by atoms with van der Waals surface area (Å²) in [5.74, 6) is 0.925. The predicted molar refractivity (Wildman–Crippen MR) is 98.9 cm³/mol. The molecule has 0 unspecified atom stereocenters. The fraction of sp³-hybridized carbons (Fsp3) is 0.579. The number of nitrogens with one attached hydrogen (secondary N) is 2. The minimum Gasteiger partial charge on any atom is -0.494 e. The number of hydrogen-bond acceptors (Lipinski definition) is 4. The van der Waals surface area contributed by atoms with Gasteiger partial charge in [0.2, 0.25) is 11.8 Å². The largest absolute Gasteiger partial charge is 0.494 e. The molecule has 2 amide bonds. The molecule has 0 saturated carbocycles. The highest BCUT2D eigenvalue weighted by Crippen LogP contribution is 2.26. The van der Waals surface area contributed by atoms with Crippen LogP contribution in [0, 0.1) is 0 Å². The first-order valence-corrected chi connectivity index (χ1v) is 9.17. The Labute approximate surface area is 149 Å². The second-order valence-electron chi connectivity index (χ2n) is 6.20. The second-order valence-corrected chi connectivity index (χ2v) is 6.20. The molecule has 0 spiro atoms. The molecule has 0 atom stereocenters. The van der Waals surface area contributed by atoms with Gasteiger partial charge in [-0.25, -0.2) is 0 Å². The first-order valence-electron chi connectivity index (χ1n) is 9.17. The molecule has 1 aliphatic rings. The molecule has 0 aliphatic carbocycles. The van der Waals surface area contributed by atoms with Crippen molar-refractivity contribution in [1.82, 2.24) is 10.2 Å². The number of amides is 2. The predicted octanol–water partition coefficient (Wildman–Crippen LogP) is 2.19. The molecule has 1 aromatic rings. The summed E-state index contributed by atoms with van der Waals surface area (Å²) in [6.45, 7) is 8.34. The topological polar surface area (TPSA) is 70.7 Å². The van der Waals surface area contributed by atoms with Gasteiger partial charge in [0, 0.05) is 31.6 Å². The van der Waals surface area contributed by atoms with E-state index in [1.807, 2.05) is 18.2 Å². The summed E-state index contributed by atoms with van der Waals surface area (Å²) in [4.78, 5) is 25.4. The van der Waals surface area contributed by atoms with E-state index < -0.39 is 0 Å². The molecule has 6 heteroatoms. The minimum atomic E-state index is 0.0631. The number of rotatable bonds is 10. The highest BCUT2D eigenvalue weighted by molar-refractivity contribution is 5.94. The number of hydrogen-bond donors (Lipinski definition) is 2. The number of fused-ring (bicyclic) bond motifs is 1. The third-order valence-electron chi connectivity index (χ3n) is 4.43. The lowest BCUT2D eigenvalue weighted by atomic mass is 10.0. The zero-order valence-electron chi connectivity index (χ0n) is 15.3. The summed E-state index contributed by atoms with van der Waals surface area (Å²) in [7, 11) is 0. The number of likely N-dealkylation sites (N-methyl/N-ethyl adjacent to an activating group) is 1. The highest BCUT2D eigenvalue weighted by Gasteiger charge is 2.15. The first kappa shape index (κ1) is 19.2. The van der Waals surface area contributed by atoms with Gasteiger partial charge in [0.05, 0.1) is 6.61 Å². The van der Waals surface area contributed by atoms with E-state index >= 15 is 0 Å². The average Bonchev–Trinajstić information content (AvgIpc) is 2.62. The van der Waals surface area contributed by atoms with Gasteiger partial charge in [-0.3, -0.25) is 9.59 Å². The Morgan fingerprint density at radius 3 is 2.84 bits per heavy atom. The van der Waals surface area contributed by atoms with Crippen molar-refractivity contribution in [2.75, 3.05) is 38.1 Å². The SMILES string of the molecule is CCN(CC)CCNC(=O)CCCOc1ccc2c(c1)CCC(=O)N2. The number of benzene rings is 1. The molecular formula is C19H29N3O3. The molecule has 0 saturated heterocycles. The summed E-state index contributed by atoms with van der Waals surface area (Å²) in [5.41, 5.74) is 1.97. The average molecular weight is 347 g/mol. The summed E-state index contributed by atoms with van der Waals surface area (Å²) in [5, 5.41) is 5.80. The van der Waals surface area contributed by atoms with Crippen molar-refractivity contribution in [3.05, 3.63) is 23.8 Å². The van der Waals surface area contributed by atoms with Crippen LogP contribution in [0.3, 0.4) is 0 Å². The van der Waals surface area contributed by atoms with Gasteiger partial charge in [-0.1, -0.05) is 13.8 Å². The number of anilines is 1. The second kappa shape index (κ2) is 10.0. The van der Waals surface area contributed by atoms with E-state index in [2.05, 4.69) is 29.4 Å². The molecule has 6 nitrogen and oxygen atoms in total. The van der Waals surface area contributed by atoms with Crippen molar-refractivity contribution in [3.8, 4) is 5.75 Å². The Kier molecular flexibility index (Phi) is 7.73. The fourth-order valence-electron chi connectivity index (χ4n) is 2.85. The van der Waals surface area contributed by atoms with E-state index in [4.69, 9.17) is 4.74 Å². The summed E-state index contributed by atoms with van der Waals surface area (Å²) >= 11 is 0. The van der Waals surface area contributed by atoms with Crippen molar-refractivity contribution < 1.29 is 14.3 Å². The molecule has 138 valence electrons. The smallest absolute Gasteiger partial charge is 0.224 e. The third kappa shape index (κ3) is 6.38. The molecule has 1 aromatic carbocycles. The molecular weight excluding hydrogens is 318 g/mol. The molecule has 0 fully saturated rings. The van der Waals surface area contributed by atoms with E-state index in [0.29, 0.717) is 32.4 Å². The summed E-state index contributed by atoms with van der Waals surface area (Å²) < 4.78 is 5.73. The zero-order valence-corrected chi connectivity index (χ0v) is 15.3. The van der Waals surface area contributed by atoms with E-state index in [9.17, 15) is 9.59 Å². The van der Waals surface area contributed by atoms with Crippen molar-refractivity contribution in [3.63, 3.8) is 0 Å². The van der Waals surface area contributed by atoms with Crippen molar-refractivity contribution in [2.24, 2.45) is 0 Å². The molecule has 1 heterocycles. The van der Waals surface area contributed by atoms with Gasteiger partial charge in [-0.2, -0.15) is 0 Å². The van der Waals surface area contributed by atoms with Crippen molar-refractivity contribution in [1.29, 1.82) is 0 Å². The quantitative estimate of drug-likeness (QED) is 0.637. The zero-order chi connectivity index (χ0) is 18.1. The Balaban J connectivity index is 1.63. The van der Waals surface area contributed by atoms with E-state index in [0.717, 1.165) is 43.1 Å². The van der Waals surface area contributed by atoms with E-state index in [1.165, 1.54) is 0 Å². The number of aryl methyl sites for hydroxylation is 1. The molecule has 2 rings (SSSR count). The molecule has 0 radical (unpaired) electrons. The van der Waals surface area contributed by atoms with Gasteiger partial charge in [0.15, 0.2) is 0 Å². The summed E-state index contributed by atoms with van der Waals surface area (Å²) in [6, 6.07) is 5.70. The number of nitrogens with zero attached hydrogens (tertiary/aromatic N) is 1. The van der Waals surface area contributed by atoms with Gasteiger partial charge in [-0.15, -0.1) is 0 Å². The van der Waals surface area contributed by atoms with Gasteiger partial charge in [0.25, 0.3) is 0 Å². The molecule has 1 aliphatic heterocycles. The lowest BCUT2D eigenvalue weighted by Gasteiger charge is -2.18. The Hall–Kier alpha value is -2.08. The fourth-order valence-corrected chi connectivity index (χ4v) is 2.85. The van der Waals surface area contributed by atoms with Gasteiger partial charge < -0.3 is 20.3 Å². The lowest BCUT2D eigenvalue weighted by Crippen LogP contribution is -2.34. The van der Waals surface area contributed by atoms with Crippen LogP contribution < -0.4 is 15.4 Å². The van der Waals surface area contributed by atoms with Crippen LogP contribution in [0.4, 0.5) is 5.69 Å². The van der Waals surface area contributed by atoms with E-state index in [1.54, 1.807) is 0 Å². The van der Waals surface area contributed by atoms with Crippen LogP contribution in [0.25, 0.3) is 0 Å². The van der Waals surface area contributed by atoms with Crippen LogP contribution in [0.15, 0.2) is 18.2 Å². The number of ether oxygens (including phenoxy) is 1.